The molecule has 1 aromatic carbocycles. The Bertz CT molecular complexity index is 620. The Morgan fingerprint density at radius 3 is 3.00 bits per heavy atom. The van der Waals surface area contributed by atoms with E-state index in [-0.39, 0.29) is 0 Å². The number of hydrogen-bond donors (Lipinski definition) is 0. The summed E-state index contributed by atoms with van der Waals surface area (Å²) in [6.07, 6.45) is 1.99. The quantitative estimate of drug-likeness (QED) is 0.804. The third-order valence-corrected chi connectivity index (χ3v) is 4.71. The average molecular weight is 272 g/mol. The highest BCUT2D eigenvalue weighted by molar-refractivity contribution is 7.13. The summed E-state index contributed by atoms with van der Waals surface area (Å²) in [5, 5.41) is 1.02. The first kappa shape index (κ1) is 12.4. The molecule has 0 amide bonds. The van der Waals surface area contributed by atoms with Crippen LogP contribution in [0, 0.1) is 6.92 Å². The van der Waals surface area contributed by atoms with Crippen LogP contribution in [0.5, 0.6) is 0 Å². The Morgan fingerprint density at radius 2 is 2.26 bits per heavy atom. The molecule has 2 heterocycles. The van der Waals surface area contributed by atoms with Crippen LogP contribution < -0.4 is 4.90 Å². The molecule has 0 aliphatic carbocycles. The number of carbonyl (C=O) groups is 1. The predicted octanol–water partition coefficient (Wildman–Crippen LogP) is 3.22. The maximum absolute atomic E-state index is 10.9. The van der Waals surface area contributed by atoms with Crippen LogP contribution in [0.2, 0.25) is 0 Å². The second-order valence-electron chi connectivity index (χ2n) is 4.98. The summed E-state index contributed by atoms with van der Waals surface area (Å²) in [4.78, 5) is 18.5. The van der Waals surface area contributed by atoms with Gasteiger partial charge in [0, 0.05) is 11.7 Å². The highest BCUT2D eigenvalue weighted by Gasteiger charge is 2.26. The molecule has 0 N–H and O–H groups in total. The van der Waals surface area contributed by atoms with Gasteiger partial charge >= 0.3 is 0 Å². The van der Waals surface area contributed by atoms with Gasteiger partial charge < -0.3 is 4.90 Å². The van der Waals surface area contributed by atoms with E-state index in [1.54, 1.807) is 0 Å². The molecule has 1 atom stereocenters. The van der Waals surface area contributed by atoms with Crippen LogP contribution in [-0.2, 0) is 13.0 Å². The average Bonchev–Trinajstić information content (AvgIpc) is 2.91. The number of anilines is 1. The van der Waals surface area contributed by atoms with Crippen molar-refractivity contribution in [3.05, 3.63) is 45.4 Å². The van der Waals surface area contributed by atoms with E-state index in [0.29, 0.717) is 6.04 Å². The van der Waals surface area contributed by atoms with Crippen molar-refractivity contribution < 1.29 is 4.79 Å². The summed E-state index contributed by atoms with van der Waals surface area (Å²) in [5.74, 6) is 0. The minimum absolute atomic E-state index is 0.487. The molecular formula is C15H16N2OS. The van der Waals surface area contributed by atoms with Gasteiger partial charge in [0.05, 0.1) is 17.1 Å². The van der Waals surface area contributed by atoms with Gasteiger partial charge in [-0.1, -0.05) is 18.2 Å². The molecule has 1 unspecified atom stereocenters. The normalized spacial score (nSPS) is 17.6. The lowest BCUT2D eigenvalue weighted by molar-refractivity contribution is 0.112. The van der Waals surface area contributed by atoms with Crippen LogP contribution >= 0.6 is 11.3 Å². The topological polar surface area (TPSA) is 33.2 Å². The van der Waals surface area contributed by atoms with Crippen molar-refractivity contribution in [2.75, 3.05) is 4.90 Å². The Labute approximate surface area is 116 Å². The predicted molar refractivity (Wildman–Crippen MR) is 78.0 cm³/mol. The fourth-order valence-electron chi connectivity index (χ4n) is 2.66. The van der Waals surface area contributed by atoms with Gasteiger partial charge in [-0.15, -0.1) is 11.3 Å². The molecule has 0 saturated heterocycles. The highest BCUT2D eigenvalue weighted by Crippen LogP contribution is 2.33. The van der Waals surface area contributed by atoms with Crippen molar-refractivity contribution in [3.8, 4) is 0 Å². The molecule has 1 aliphatic heterocycles. The number of benzene rings is 1. The van der Waals surface area contributed by atoms with E-state index in [1.165, 1.54) is 22.6 Å². The number of aldehydes is 1. The zero-order chi connectivity index (χ0) is 13.4. The third-order valence-electron chi connectivity index (χ3n) is 3.64. The Morgan fingerprint density at radius 1 is 1.47 bits per heavy atom. The van der Waals surface area contributed by atoms with Crippen LogP contribution in [0.15, 0.2) is 24.3 Å². The number of nitrogens with zero attached hydrogens (tertiary/aromatic N) is 2. The molecule has 19 heavy (non-hydrogen) atoms. The zero-order valence-corrected chi connectivity index (χ0v) is 11.9. The summed E-state index contributed by atoms with van der Waals surface area (Å²) in [6.45, 7) is 4.92. The maximum atomic E-state index is 10.9. The third kappa shape index (κ3) is 2.16. The molecule has 0 bridgehead atoms. The molecule has 0 fully saturated rings. The SMILES string of the molecule is Cc1nc(CN2c3ccccc3CC2C)sc1C=O. The lowest BCUT2D eigenvalue weighted by Crippen LogP contribution is -2.28. The smallest absolute Gasteiger partial charge is 0.161 e. The van der Waals surface area contributed by atoms with Gasteiger partial charge in [-0.3, -0.25) is 4.79 Å². The summed E-state index contributed by atoms with van der Waals surface area (Å²) < 4.78 is 0. The summed E-state index contributed by atoms with van der Waals surface area (Å²) in [7, 11) is 0. The van der Waals surface area contributed by atoms with Crippen LogP contribution in [0.3, 0.4) is 0 Å². The number of fused-ring (bicyclic) bond motifs is 1. The van der Waals surface area contributed by atoms with E-state index >= 15 is 0 Å². The second kappa shape index (κ2) is 4.78. The number of carbonyl (C=O) groups excluding carboxylic acids is 1. The zero-order valence-electron chi connectivity index (χ0n) is 11.1. The number of para-hydroxylation sites is 1. The Balaban J connectivity index is 1.88. The summed E-state index contributed by atoms with van der Waals surface area (Å²) in [6, 6.07) is 9.01. The van der Waals surface area contributed by atoms with Gasteiger partial charge in [-0.05, 0) is 31.9 Å². The van der Waals surface area contributed by atoms with Crippen LogP contribution in [-0.4, -0.2) is 17.3 Å². The van der Waals surface area contributed by atoms with Crippen LogP contribution in [0.1, 0.15) is 32.9 Å². The first-order valence-electron chi connectivity index (χ1n) is 6.45. The van der Waals surface area contributed by atoms with E-state index in [9.17, 15) is 4.79 Å². The maximum Gasteiger partial charge on any atom is 0.161 e. The van der Waals surface area contributed by atoms with E-state index in [4.69, 9.17) is 0 Å². The first-order chi connectivity index (χ1) is 9.19. The molecule has 2 aromatic rings. The molecule has 0 spiro atoms. The van der Waals surface area contributed by atoms with Gasteiger partial charge in [-0.25, -0.2) is 4.98 Å². The van der Waals surface area contributed by atoms with Crippen molar-refractivity contribution in [2.45, 2.75) is 32.9 Å². The molecule has 0 saturated carbocycles. The minimum Gasteiger partial charge on any atom is -0.362 e. The van der Waals surface area contributed by atoms with Crippen LogP contribution in [0.25, 0.3) is 0 Å². The number of aryl methyl sites for hydroxylation is 1. The van der Waals surface area contributed by atoms with Crippen LogP contribution in [0.4, 0.5) is 5.69 Å². The fraction of sp³-hybridized carbons (Fsp3) is 0.333. The van der Waals surface area contributed by atoms with Crippen molar-refractivity contribution in [3.63, 3.8) is 0 Å². The Kier molecular flexibility index (Phi) is 3.11. The summed E-state index contributed by atoms with van der Waals surface area (Å²) >= 11 is 1.50. The van der Waals surface area contributed by atoms with E-state index < -0.39 is 0 Å². The first-order valence-corrected chi connectivity index (χ1v) is 7.26. The van der Waals surface area contributed by atoms with Crippen molar-refractivity contribution >= 4 is 23.3 Å². The highest BCUT2D eigenvalue weighted by atomic mass is 32.1. The van der Waals surface area contributed by atoms with E-state index in [2.05, 4.69) is 41.1 Å². The van der Waals surface area contributed by atoms with Crippen molar-refractivity contribution in [1.29, 1.82) is 0 Å². The number of thiazole rings is 1. The van der Waals surface area contributed by atoms with Gasteiger partial charge in [0.2, 0.25) is 0 Å². The van der Waals surface area contributed by atoms with E-state index in [1.807, 2.05) is 6.92 Å². The van der Waals surface area contributed by atoms with Gasteiger partial charge in [-0.2, -0.15) is 0 Å². The number of rotatable bonds is 3. The molecule has 4 heteroatoms. The number of aromatic nitrogens is 1. The standard InChI is InChI=1S/C15H16N2OS/c1-10-7-12-5-3-4-6-13(12)17(10)8-15-16-11(2)14(9-18)19-15/h3-6,9-10H,7-8H2,1-2H3. The molecule has 98 valence electrons. The van der Waals surface area contributed by atoms with Gasteiger partial charge in [0.1, 0.15) is 5.01 Å². The minimum atomic E-state index is 0.487. The molecular weight excluding hydrogens is 256 g/mol. The monoisotopic (exact) mass is 272 g/mol. The molecule has 1 aromatic heterocycles. The lowest BCUT2D eigenvalue weighted by atomic mass is 10.1. The van der Waals surface area contributed by atoms with Gasteiger partial charge in [0.25, 0.3) is 0 Å². The molecule has 1 aliphatic rings. The lowest BCUT2D eigenvalue weighted by Gasteiger charge is -2.23. The largest absolute Gasteiger partial charge is 0.362 e. The second-order valence-corrected chi connectivity index (χ2v) is 6.10. The fourth-order valence-corrected chi connectivity index (χ4v) is 3.54. The summed E-state index contributed by atoms with van der Waals surface area (Å²) in [5.41, 5.74) is 3.55. The molecule has 0 radical (unpaired) electrons. The van der Waals surface area contributed by atoms with E-state index in [0.717, 1.165) is 34.8 Å². The number of hydrogen-bond acceptors (Lipinski definition) is 4. The molecule has 3 nitrogen and oxygen atoms in total. The van der Waals surface area contributed by atoms with Crippen molar-refractivity contribution in [2.24, 2.45) is 0 Å². The van der Waals surface area contributed by atoms with Gasteiger partial charge in [0.15, 0.2) is 6.29 Å². The molecule has 3 rings (SSSR count). The Hall–Kier alpha value is -1.68. The van der Waals surface area contributed by atoms with Crippen molar-refractivity contribution in [1.82, 2.24) is 4.98 Å².